The minimum atomic E-state index is -4.63. The quantitative estimate of drug-likeness (QED) is 0.670. The van der Waals surface area contributed by atoms with Crippen LogP contribution >= 0.6 is 0 Å². The lowest BCUT2D eigenvalue weighted by molar-refractivity contribution is -0.123. The lowest BCUT2D eigenvalue weighted by Crippen LogP contribution is -2.34. The summed E-state index contributed by atoms with van der Waals surface area (Å²) in [6.45, 7) is -0.130. The Hall–Kier alpha value is -3.08. The Morgan fingerprint density at radius 3 is 2.36 bits per heavy atom. The average Bonchev–Trinajstić information content (AvgIpc) is 2.59. The van der Waals surface area contributed by atoms with E-state index in [0.29, 0.717) is 0 Å². The van der Waals surface area contributed by atoms with Gasteiger partial charge in [-0.3, -0.25) is 9.52 Å². The van der Waals surface area contributed by atoms with Crippen LogP contribution in [-0.2, 0) is 10.0 Å². The van der Waals surface area contributed by atoms with E-state index in [1.54, 1.807) is 5.32 Å². The van der Waals surface area contributed by atoms with Gasteiger partial charge >= 0.3 is 12.1 Å². The highest BCUT2D eigenvalue weighted by atomic mass is 32.2. The molecule has 0 aliphatic heterocycles. The number of carboxylic acid groups (broad SMARTS) is 1. The summed E-state index contributed by atoms with van der Waals surface area (Å²) >= 11 is 0. The summed E-state index contributed by atoms with van der Waals surface area (Å²) in [5, 5.41) is 10.7. The second-order valence-corrected chi connectivity index (χ2v) is 7.39. The molecular weight excluding hydrogens is 401 g/mol. The van der Waals surface area contributed by atoms with Crippen molar-refractivity contribution in [1.82, 2.24) is 5.32 Å². The number of sulfonamides is 1. The minimum absolute atomic E-state index is 0.247. The van der Waals surface area contributed by atoms with Gasteiger partial charge in [-0.2, -0.15) is 13.2 Å². The molecule has 11 heteroatoms. The van der Waals surface area contributed by atoms with Crippen LogP contribution < -0.4 is 10.0 Å². The molecular formula is C17H15F3N2O5S. The Balaban J connectivity index is 2.37. The number of carbonyl (C=O) groups excluding carboxylic acids is 1. The number of aromatic carboxylic acids is 1. The number of alkyl halides is 3. The SMILES string of the molecule is Cc1ccc(C(=O)O)cc1S(=O)(=O)Nc1ccccc1C(=O)NCC(F)(F)F. The van der Waals surface area contributed by atoms with Crippen molar-refractivity contribution in [3.63, 3.8) is 0 Å². The largest absolute Gasteiger partial charge is 0.478 e. The van der Waals surface area contributed by atoms with E-state index in [-0.39, 0.29) is 27.3 Å². The highest BCUT2D eigenvalue weighted by Crippen LogP contribution is 2.23. The number of rotatable bonds is 6. The van der Waals surface area contributed by atoms with Gasteiger partial charge in [0.05, 0.1) is 21.7 Å². The second kappa shape index (κ2) is 7.89. The molecule has 28 heavy (non-hydrogen) atoms. The van der Waals surface area contributed by atoms with E-state index in [2.05, 4.69) is 4.72 Å². The molecule has 0 fully saturated rings. The summed E-state index contributed by atoms with van der Waals surface area (Å²) in [6, 6.07) is 8.59. The smallest absolute Gasteiger partial charge is 0.405 e. The summed E-state index contributed by atoms with van der Waals surface area (Å²) in [4.78, 5) is 22.8. The van der Waals surface area contributed by atoms with Gasteiger partial charge in [0.15, 0.2) is 0 Å². The summed E-state index contributed by atoms with van der Waals surface area (Å²) in [5.41, 5.74) is -0.580. The Labute approximate surface area is 158 Å². The van der Waals surface area contributed by atoms with E-state index in [1.165, 1.54) is 37.3 Å². The summed E-state index contributed by atoms with van der Waals surface area (Å²) in [5.74, 6) is -2.45. The van der Waals surface area contributed by atoms with Gasteiger partial charge in [-0.05, 0) is 36.8 Å². The van der Waals surface area contributed by atoms with Crippen LogP contribution in [0.3, 0.4) is 0 Å². The Morgan fingerprint density at radius 1 is 1.11 bits per heavy atom. The molecule has 150 valence electrons. The molecule has 2 aromatic rings. The number of para-hydroxylation sites is 1. The molecule has 0 aliphatic carbocycles. The van der Waals surface area contributed by atoms with Crippen LogP contribution in [0.1, 0.15) is 26.3 Å². The van der Waals surface area contributed by atoms with Gasteiger partial charge in [0.2, 0.25) is 0 Å². The summed E-state index contributed by atoms with van der Waals surface area (Å²) < 4.78 is 64.4. The topological polar surface area (TPSA) is 113 Å². The molecule has 0 unspecified atom stereocenters. The molecule has 0 spiro atoms. The van der Waals surface area contributed by atoms with Crippen molar-refractivity contribution in [3.05, 3.63) is 59.2 Å². The number of nitrogens with one attached hydrogen (secondary N) is 2. The predicted molar refractivity (Wildman–Crippen MR) is 93.8 cm³/mol. The Kier molecular flexibility index (Phi) is 5.98. The van der Waals surface area contributed by atoms with Gasteiger partial charge in [-0.25, -0.2) is 13.2 Å². The standard InChI is InChI=1S/C17H15F3N2O5S/c1-10-6-7-11(16(24)25)8-14(10)28(26,27)22-13-5-3-2-4-12(13)15(23)21-9-17(18,19)20/h2-8,22H,9H2,1H3,(H,21,23)(H,24,25). The molecule has 2 aromatic carbocycles. The van der Waals surface area contributed by atoms with Gasteiger partial charge < -0.3 is 10.4 Å². The van der Waals surface area contributed by atoms with Crippen molar-refractivity contribution in [2.75, 3.05) is 11.3 Å². The van der Waals surface area contributed by atoms with Crippen molar-refractivity contribution >= 4 is 27.6 Å². The van der Waals surface area contributed by atoms with E-state index >= 15 is 0 Å². The first-order valence-corrected chi connectivity index (χ1v) is 9.20. The third-order valence-corrected chi connectivity index (χ3v) is 5.10. The number of halogens is 3. The highest BCUT2D eigenvalue weighted by molar-refractivity contribution is 7.92. The average molecular weight is 416 g/mol. The molecule has 0 saturated carbocycles. The van der Waals surface area contributed by atoms with Crippen molar-refractivity contribution in [2.45, 2.75) is 18.0 Å². The molecule has 0 saturated heterocycles. The number of hydrogen-bond acceptors (Lipinski definition) is 4. The first-order valence-electron chi connectivity index (χ1n) is 7.71. The van der Waals surface area contributed by atoms with Crippen LogP contribution in [0.4, 0.5) is 18.9 Å². The van der Waals surface area contributed by atoms with Crippen LogP contribution in [0.2, 0.25) is 0 Å². The monoisotopic (exact) mass is 416 g/mol. The third kappa shape index (κ3) is 5.22. The first-order chi connectivity index (χ1) is 12.9. The minimum Gasteiger partial charge on any atom is -0.478 e. The molecule has 0 heterocycles. The molecule has 3 N–H and O–H groups in total. The van der Waals surface area contributed by atoms with Gasteiger partial charge in [0, 0.05) is 0 Å². The molecule has 7 nitrogen and oxygen atoms in total. The molecule has 0 bridgehead atoms. The normalized spacial score (nSPS) is 11.7. The fourth-order valence-corrected chi connectivity index (χ4v) is 3.62. The number of carbonyl (C=O) groups is 2. The van der Waals surface area contributed by atoms with Crippen molar-refractivity contribution in [2.24, 2.45) is 0 Å². The fraction of sp³-hybridized carbons (Fsp3) is 0.176. The van der Waals surface area contributed by atoms with Gasteiger partial charge in [-0.1, -0.05) is 18.2 Å². The maximum atomic E-state index is 12.7. The highest BCUT2D eigenvalue weighted by Gasteiger charge is 2.29. The third-order valence-electron chi connectivity index (χ3n) is 3.59. The zero-order chi connectivity index (χ0) is 21.1. The van der Waals surface area contributed by atoms with Gasteiger partial charge in [0.25, 0.3) is 15.9 Å². The molecule has 2 rings (SSSR count). The lowest BCUT2D eigenvalue weighted by Gasteiger charge is -2.15. The van der Waals surface area contributed by atoms with Gasteiger partial charge in [0.1, 0.15) is 6.54 Å². The van der Waals surface area contributed by atoms with Crippen LogP contribution in [0.15, 0.2) is 47.4 Å². The second-order valence-electron chi connectivity index (χ2n) is 5.73. The molecule has 0 radical (unpaired) electrons. The maximum Gasteiger partial charge on any atom is 0.405 e. The lowest BCUT2D eigenvalue weighted by atomic mass is 10.1. The molecule has 0 aromatic heterocycles. The summed E-state index contributed by atoms with van der Waals surface area (Å²) in [7, 11) is -4.31. The zero-order valence-corrected chi connectivity index (χ0v) is 15.2. The van der Waals surface area contributed by atoms with Crippen LogP contribution in [0.25, 0.3) is 0 Å². The van der Waals surface area contributed by atoms with Gasteiger partial charge in [-0.15, -0.1) is 0 Å². The van der Waals surface area contributed by atoms with E-state index in [1.807, 2.05) is 0 Å². The number of anilines is 1. The van der Waals surface area contributed by atoms with Crippen LogP contribution in [0.5, 0.6) is 0 Å². The molecule has 0 atom stereocenters. The molecule has 0 aliphatic rings. The fourth-order valence-electron chi connectivity index (χ4n) is 2.27. The van der Waals surface area contributed by atoms with Crippen LogP contribution in [0, 0.1) is 6.92 Å². The van der Waals surface area contributed by atoms with Crippen LogP contribution in [-0.4, -0.2) is 38.1 Å². The number of benzene rings is 2. The number of amides is 1. The number of aryl methyl sites for hydroxylation is 1. The maximum absolute atomic E-state index is 12.7. The van der Waals surface area contributed by atoms with E-state index < -0.39 is 34.6 Å². The number of carboxylic acids is 1. The first kappa shape index (κ1) is 21.2. The summed E-state index contributed by atoms with van der Waals surface area (Å²) in [6.07, 6.45) is -4.63. The Morgan fingerprint density at radius 2 is 1.75 bits per heavy atom. The van der Waals surface area contributed by atoms with E-state index in [0.717, 1.165) is 12.1 Å². The predicted octanol–water partition coefficient (Wildman–Crippen LogP) is 2.79. The van der Waals surface area contributed by atoms with Crippen molar-refractivity contribution in [3.8, 4) is 0 Å². The number of hydrogen-bond donors (Lipinski definition) is 3. The Bertz CT molecular complexity index is 1020. The zero-order valence-electron chi connectivity index (χ0n) is 14.4. The van der Waals surface area contributed by atoms with Crippen molar-refractivity contribution < 1.29 is 36.3 Å². The molecule has 1 amide bonds. The van der Waals surface area contributed by atoms with Crippen molar-refractivity contribution in [1.29, 1.82) is 0 Å². The van der Waals surface area contributed by atoms with E-state index in [9.17, 15) is 31.2 Å². The van der Waals surface area contributed by atoms with E-state index in [4.69, 9.17) is 5.11 Å².